The van der Waals surface area contributed by atoms with Crippen molar-refractivity contribution in [2.45, 2.75) is 6.61 Å². The SMILES string of the molecule is COc1cc(OCc2ccc(Cl)cc2)cc(C(=N)N)c1. The average molecular weight is 291 g/mol. The van der Waals surface area contributed by atoms with Crippen molar-refractivity contribution in [2.24, 2.45) is 5.73 Å². The molecule has 0 spiro atoms. The molecular formula is C15H15ClN2O2. The van der Waals surface area contributed by atoms with Crippen LogP contribution in [0.1, 0.15) is 11.1 Å². The van der Waals surface area contributed by atoms with Gasteiger partial charge in [0, 0.05) is 16.7 Å². The third-order valence-electron chi connectivity index (χ3n) is 2.75. The Morgan fingerprint density at radius 3 is 2.40 bits per heavy atom. The van der Waals surface area contributed by atoms with Crippen LogP contribution < -0.4 is 15.2 Å². The van der Waals surface area contributed by atoms with E-state index in [1.54, 1.807) is 25.3 Å². The molecule has 20 heavy (non-hydrogen) atoms. The highest BCUT2D eigenvalue weighted by Crippen LogP contribution is 2.23. The topological polar surface area (TPSA) is 68.3 Å². The fourth-order valence-electron chi connectivity index (χ4n) is 1.68. The standard InChI is InChI=1S/C15H15ClN2O2/c1-19-13-6-11(15(17)18)7-14(8-13)20-9-10-2-4-12(16)5-3-10/h2-8H,9H2,1H3,(H3,17,18). The zero-order valence-corrected chi connectivity index (χ0v) is 11.8. The number of halogens is 1. The van der Waals surface area contributed by atoms with Crippen LogP contribution in [0.25, 0.3) is 0 Å². The Morgan fingerprint density at radius 1 is 1.15 bits per heavy atom. The molecule has 0 amide bonds. The minimum Gasteiger partial charge on any atom is -0.497 e. The zero-order chi connectivity index (χ0) is 14.5. The van der Waals surface area contributed by atoms with Gasteiger partial charge in [-0.2, -0.15) is 0 Å². The zero-order valence-electron chi connectivity index (χ0n) is 11.0. The molecule has 0 radical (unpaired) electrons. The van der Waals surface area contributed by atoms with Gasteiger partial charge in [0.05, 0.1) is 7.11 Å². The molecule has 4 nitrogen and oxygen atoms in total. The summed E-state index contributed by atoms with van der Waals surface area (Å²) in [7, 11) is 1.56. The van der Waals surface area contributed by atoms with Crippen molar-refractivity contribution in [3.05, 3.63) is 58.6 Å². The van der Waals surface area contributed by atoms with E-state index in [9.17, 15) is 0 Å². The first-order valence-corrected chi connectivity index (χ1v) is 6.37. The van der Waals surface area contributed by atoms with Crippen molar-refractivity contribution in [1.29, 1.82) is 5.41 Å². The Hall–Kier alpha value is -2.20. The number of methoxy groups -OCH3 is 1. The van der Waals surface area contributed by atoms with E-state index in [1.165, 1.54) is 0 Å². The molecule has 0 unspecified atom stereocenters. The van der Waals surface area contributed by atoms with E-state index in [1.807, 2.05) is 24.3 Å². The summed E-state index contributed by atoms with van der Waals surface area (Å²) in [6.45, 7) is 0.404. The van der Waals surface area contributed by atoms with Crippen LogP contribution in [0.15, 0.2) is 42.5 Å². The van der Waals surface area contributed by atoms with Gasteiger partial charge >= 0.3 is 0 Å². The highest BCUT2D eigenvalue weighted by Gasteiger charge is 2.05. The van der Waals surface area contributed by atoms with Gasteiger partial charge in [-0.1, -0.05) is 23.7 Å². The molecule has 0 bridgehead atoms. The van der Waals surface area contributed by atoms with E-state index in [0.29, 0.717) is 28.7 Å². The molecule has 0 aromatic heterocycles. The van der Waals surface area contributed by atoms with Crippen LogP contribution in [0.4, 0.5) is 0 Å². The van der Waals surface area contributed by atoms with Crippen LogP contribution in [0.3, 0.4) is 0 Å². The van der Waals surface area contributed by atoms with Gasteiger partial charge in [-0.15, -0.1) is 0 Å². The molecule has 5 heteroatoms. The number of benzene rings is 2. The highest BCUT2D eigenvalue weighted by molar-refractivity contribution is 6.30. The van der Waals surface area contributed by atoms with Crippen molar-refractivity contribution >= 4 is 17.4 Å². The van der Waals surface area contributed by atoms with E-state index in [2.05, 4.69) is 0 Å². The lowest BCUT2D eigenvalue weighted by Gasteiger charge is -2.10. The Balaban J connectivity index is 2.14. The Bertz CT molecular complexity index is 612. The molecule has 3 N–H and O–H groups in total. The van der Waals surface area contributed by atoms with Gasteiger partial charge in [0.2, 0.25) is 0 Å². The van der Waals surface area contributed by atoms with E-state index in [-0.39, 0.29) is 5.84 Å². The molecule has 104 valence electrons. The van der Waals surface area contributed by atoms with Gasteiger partial charge in [0.1, 0.15) is 23.9 Å². The molecule has 0 heterocycles. The second kappa shape index (κ2) is 6.30. The molecule has 2 aromatic rings. The van der Waals surface area contributed by atoms with Crippen molar-refractivity contribution < 1.29 is 9.47 Å². The quantitative estimate of drug-likeness (QED) is 0.656. The maximum absolute atomic E-state index is 7.48. The molecule has 0 fully saturated rings. The van der Waals surface area contributed by atoms with Crippen LogP contribution in [-0.2, 0) is 6.61 Å². The smallest absolute Gasteiger partial charge is 0.124 e. The highest BCUT2D eigenvalue weighted by atomic mass is 35.5. The fourth-order valence-corrected chi connectivity index (χ4v) is 1.80. The average Bonchev–Trinajstić information content (AvgIpc) is 2.46. The summed E-state index contributed by atoms with van der Waals surface area (Å²) >= 11 is 5.83. The Kier molecular flexibility index (Phi) is 4.48. The number of nitrogen functional groups attached to an aromatic ring is 1. The molecular weight excluding hydrogens is 276 g/mol. The van der Waals surface area contributed by atoms with Gasteiger partial charge in [0.15, 0.2) is 0 Å². The van der Waals surface area contributed by atoms with Crippen LogP contribution in [0, 0.1) is 5.41 Å². The lowest BCUT2D eigenvalue weighted by molar-refractivity contribution is 0.303. The molecule has 0 atom stereocenters. The van der Waals surface area contributed by atoms with E-state index in [4.69, 9.17) is 32.2 Å². The molecule has 0 aliphatic heterocycles. The van der Waals surface area contributed by atoms with Gasteiger partial charge in [-0.05, 0) is 29.8 Å². The normalized spacial score (nSPS) is 10.1. The van der Waals surface area contributed by atoms with Gasteiger partial charge in [-0.25, -0.2) is 0 Å². The predicted molar refractivity (Wildman–Crippen MR) is 79.8 cm³/mol. The Morgan fingerprint density at radius 2 is 1.80 bits per heavy atom. The van der Waals surface area contributed by atoms with Crippen molar-refractivity contribution in [3.8, 4) is 11.5 Å². The third-order valence-corrected chi connectivity index (χ3v) is 3.00. The van der Waals surface area contributed by atoms with Crippen LogP contribution in [-0.4, -0.2) is 12.9 Å². The second-order valence-corrected chi connectivity index (χ2v) is 4.66. The van der Waals surface area contributed by atoms with Gasteiger partial charge < -0.3 is 15.2 Å². The molecule has 0 aliphatic carbocycles. The Labute approximate surface area is 122 Å². The lowest BCUT2D eigenvalue weighted by Crippen LogP contribution is -2.11. The van der Waals surface area contributed by atoms with E-state index < -0.39 is 0 Å². The van der Waals surface area contributed by atoms with Crippen LogP contribution in [0.2, 0.25) is 5.02 Å². The number of hydrogen-bond acceptors (Lipinski definition) is 3. The van der Waals surface area contributed by atoms with Crippen LogP contribution in [0.5, 0.6) is 11.5 Å². The summed E-state index contributed by atoms with van der Waals surface area (Å²) in [6.07, 6.45) is 0. The maximum Gasteiger partial charge on any atom is 0.124 e. The van der Waals surface area contributed by atoms with Crippen molar-refractivity contribution in [1.82, 2.24) is 0 Å². The summed E-state index contributed by atoms with van der Waals surface area (Å²) < 4.78 is 10.9. The number of nitrogens with two attached hydrogens (primary N) is 1. The summed E-state index contributed by atoms with van der Waals surface area (Å²) in [5, 5.41) is 8.16. The minimum absolute atomic E-state index is 0.0276. The monoisotopic (exact) mass is 290 g/mol. The second-order valence-electron chi connectivity index (χ2n) is 4.23. The molecule has 0 saturated heterocycles. The summed E-state index contributed by atoms with van der Waals surface area (Å²) in [5.41, 5.74) is 7.05. The van der Waals surface area contributed by atoms with Crippen molar-refractivity contribution in [3.63, 3.8) is 0 Å². The van der Waals surface area contributed by atoms with E-state index in [0.717, 1.165) is 5.56 Å². The van der Waals surface area contributed by atoms with Gasteiger partial charge in [0.25, 0.3) is 0 Å². The van der Waals surface area contributed by atoms with Gasteiger partial charge in [-0.3, -0.25) is 5.41 Å². The first kappa shape index (κ1) is 14.2. The molecule has 0 saturated carbocycles. The number of amidine groups is 1. The summed E-state index contributed by atoms with van der Waals surface area (Å²) in [4.78, 5) is 0. The number of rotatable bonds is 5. The minimum atomic E-state index is -0.0276. The van der Waals surface area contributed by atoms with E-state index >= 15 is 0 Å². The fraction of sp³-hybridized carbons (Fsp3) is 0.133. The summed E-state index contributed by atoms with van der Waals surface area (Å²) in [6, 6.07) is 12.6. The lowest BCUT2D eigenvalue weighted by atomic mass is 10.2. The number of hydrogen-bond donors (Lipinski definition) is 2. The first-order chi connectivity index (χ1) is 9.58. The predicted octanol–water partition coefficient (Wildman–Crippen LogP) is 3.21. The number of nitrogens with one attached hydrogen (secondary N) is 1. The number of ether oxygens (including phenoxy) is 2. The largest absolute Gasteiger partial charge is 0.497 e. The van der Waals surface area contributed by atoms with Crippen molar-refractivity contribution in [2.75, 3.05) is 7.11 Å². The molecule has 0 aliphatic rings. The molecule has 2 aromatic carbocycles. The molecule has 2 rings (SSSR count). The first-order valence-electron chi connectivity index (χ1n) is 5.99. The maximum atomic E-state index is 7.48. The van der Waals surface area contributed by atoms with Crippen LogP contribution >= 0.6 is 11.6 Å². The third kappa shape index (κ3) is 3.65. The summed E-state index contributed by atoms with van der Waals surface area (Å²) in [5.74, 6) is 1.17.